The van der Waals surface area contributed by atoms with Crippen molar-refractivity contribution in [1.82, 2.24) is 9.97 Å². The number of thioether (sulfide) groups is 1. The van der Waals surface area contributed by atoms with Crippen molar-refractivity contribution in [2.75, 3.05) is 12.4 Å². The summed E-state index contributed by atoms with van der Waals surface area (Å²) in [4.78, 5) is 21.4. The number of methoxy groups -OCH3 is 1. The number of halogens is 1. The second kappa shape index (κ2) is 10.6. The summed E-state index contributed by atoms with van der Waals surface area (Å²) in [5, 5.41) is 3.62. The van der Waals surface area contributed by atoms with E-state index >= 15 is 0 Å². The second-order valence-electron chi connectivity index (χ2n) is 7.52. The van der Waals surface area contributed by atoms with Crippen LogP contribution in [0.4, 0.5) is 5.69 Å². The van der Waals surface area contributed by atoms with Crippen molar-refractivity contribution in [3.63, 3.8) is 0 Å². The number of carbonyl (C=O) groups is 1. The van der Waals surface area contributed by atoms with Gasteiger partial charge in [0.2, 0.25) is 5.91 Å². The summed E-state index contributed by atoms with van der Waals surface area (Å²) in [6, 6.07) is 25.1. The topological polar surface area (TPSA) is 67.0 Å². The number of benzene rings is 3. The molecule has 0 spiro atoms. The number of hydrogen-bond acceptors (Lipinski definition) is 4. The first-order valence-corrected chi connectivity index (χ1v) is 11.7. The number of imidazole rings is 1. The number of hydrogen-bond donors (Lipinski definition) is 2. The number of rotatable bonds is 8. The zero-order valence-electron chi connectivity index (χ0n) is 18.3. The molecule has 1 atom stereocenters. The Morgan fingerprint density at radius 2 is 1.79 bits per heavy atom. The Kier molecular flexibility index (Phi) is 7.37. The molecule has 0 aliphatic carbocycles. The van der Waals surface area contributed by atoms with Gasteiger partial charge in [-0.05, 0) is 36.2 Å². The minimum atomic E-state index is -0.498. The molecule has 1 amide bonds. The molecule has 0 bridgehead atoms. The molecule has 33 heavy (non-hydrogen) atoms. The van der Waals surface area contributed by atoms with Crippen LogP contribution < -0.4 is 10.1 Å². The molecule has 0 radical (unpaired) electrons. The number of ether oxygens (including phenoxy) is 1. The maximum atomic E-state index is 13.3. The zero-order chi connectivity index (χ0) is 23.2. The highest BCUT2D eigenvalue weighted by Crippen LogP contribution is 2.36. The lowest BCUT2D eigenvalue weighted by Crippen LogP contribution is -2.19. The fourth-order valence-electron chi connectivity index (χ4n) is 3.45. The van der Waals surface area contributed by atoms with Gasteiger partial charge in [-0.1, -0.05) is 84.0 Å². The maximum absolute atomic E-state index is 13.3. The van der Waals surface area contributed by atoms with Gasteiger partial charge in [-0.25, -0.2) is 4.98 Å². The van der Waals surface area contributed by atoms with E-state index < -0.39 is 5.25 Å². The number of nitrogens with one attached hydrogen (secondary N) is 2. The quantitative estimate of drug-likeness (QED) is 0.286. The lowest BCUT2D eigenvalue weighted by atomic mass is 10.1. The first kappa shape index (κ1) is 23.0. The van der Waals surface area contributed by atoms with Crippen molar-refractivity contribution in [2.45, 2.75) is 23.8 Å². The van der Waals surface area contributed by atoms with E-state index in [1.807, 2.05) is 55.5 Å². The molecular weight excluding hydrogens is 454 g/mol. The third-order valence-corrected chi connectivity index (χ3v) is 6.60. The molecule has 1 aromatic heterocycles. The van der Waals surface area contributed by atoms with Gasteiger partial charge < -0.3 is 15.0 Å². The normalized spacial score (nSPS) is 11.7. The minimum Gasteiger partial charge on any atom is -0.495 e. The molecular formula is C26H24ClN3O2S. The van der Waals surface area contributed by atoms with Gasteiger partial charge >= 0.3 is 0 Å². The van der Waals surface area contributed by atoms with E-state index in [1.165, 1.54) is 17.3 Å². The van der Waals surface area contributed by atoms with E-state index in [4.69, 9.17) is 21.3 Å². The summed E-state index contributed by atoms with van der Waals surface area (Å²) in [7, 11) is 1.55. The van der Waals surface area contributed by atoms with Gasteiger partial charge in [-0.2, -0.15) is 0 Å². The van der Waals surface area contributed by atoms with Gasteiger partial charge in [0.15, 0.2) is 5.16 Å². The number of amides is 1. The van der Waals surface area contributed by atoms with Crippen LogP contribution in [0.1, 0.15) is 27.8 Å². The predicted octanol–water partition coefficient (Wildman–Crippen LogP) is 6.44. The molecule has 4 aromatic rings. The van der Waals surface area contributed by atoms with Crippen molar-refractivity contribution in [3.05, 3.63) is 106 Å². The Bertz CT molecular complexity index is 1230. The Hall–Kier alpha value is -3.22. The Morgan fingerprint density at radius 1 is 1.09 bits per heavy atom. The average Bonchev–Trinajstić information content (AvgIpc) is 3.17. The van der Waals surface area contributed by atoms with E-state index in [9.17, 15) is 4.79 Å². The van der Waals surface area contributed by atoms with Crippen molar-refractivity contribution in [3.8, 4) is 5.75 Å². The van der Waals surface area contributed by atoms with Crippen molar-refractivity contribution < 1.29 is 9.53 Å². The van der Waals surface area contributed by atoms with Crippen LogP contribution in [0.2, 0.25) is 5.02 Å². The van der Waals surface area contributed by atoms with E-state index in [2.05, 4.69) is 22.4 Å². The van der Waals surface area contributed by atoms with Crippen LogP contribution in [-0.2, 0) is 11.2 Å². The molecule has 0 saturated heterocycles. The number of aryl methyl sites for hydroxylation is 1. The summed E-state index contributed by atoms with van der Waals surface area (Å²) in [6.45, 7) is 2.01. The molecule has 168 valence electrons. The maximum Gasteiger partial charge on any atom is 0.242 e. The van der Waals surface area contributed by atoms with Gasteiger partial charge in [-0.15, -0.1) is 0 Å². The largest absolute Gasteiger partial charge is 0.495 e. The third-order valence-electron chi connectivity index (χ3n) is 5.17. The van der Waals surface area contributed by atoms with E-state index in [0.717, 1.165) is 23.4 Å². The van der Waals surface area contributed by atoms with Gasteiger partial charge in [0.25, 0.3) is 0 Å². The molecule has 0 aliphatic heterocycles. The highest BCUT2D eigenvalue weighted by Gasteiger charge is 2.24. The lowest BCUT2D eigenvalue weighted by molar-refractivity contribution is -0.115. The van der Waals surface area contributed by atoms with Crippen molar-refractivity contribution >= 4 is 35.0 Å². The first-order valence-electron chi connectivity index (χ1n) is 10.5. The molecule has 2 N–H and O–H groups in total. The molecule has 0 unspecified atom stereocenters. The van der Waals surface area contributed by atoms with Crippen LogP contribution in [0, 0.1) is 6.92 Å². The number of aromatic nitrogens is 2. The van der Waals surface area contributed by atoms with Gasteiger partial charge in [0, 0.05) is 17.8 Å². The van der Waals surface area contributed by atoms with Crippen molar-refractivity contribution in [1.29, 1.82) is 0 Å². The number of H-pyrrole nitrogens is 1. The summed E-state index contributed by atoms with van der Waals surface area (Å²) < 4.78 is 5.20. The van der Waals surface area contributed by atoms with E-state index in [0.29, 0.717) is 21.6 Å². The molecule has 1 heterocycles. The van der Waals surface area contributed by atoms with Gasteiger partial charge in [-0.3, -0.25) is 4.79 Å². The summed E-state index contributed by atoms with van der Waals surface area (Å²) in [5.74, 6) is 0.395. The smallest absolute Gasteiger partial charge is 0.242 e. The number of carbonyl (C=O) groups excluding carboxylic acids is 1. The number of anilines is 1. The molecule has 4 rings (SSSR count). The van der Waals surface area contributed by atoms with Crippen LogP contribution in [0.15, 0.2) is 84.0 Å². The zero-order valence-corrected chi connectivity index (χ0v) is 19.9. The second-order valence-corrected chi connectivity index (χ2v) is 9.02. The Morgan fingerprint density at radius 3 is 2.45 bits per heavy atom. The predicted molar refractivity (Wildman–Crippen MR) is 134 cm³/mol. The fraction of sp³-hybridized carbons (Fsp3) is 0.154. The van der Waals surface area contributed by atoms with E-state index in [-0.39, 0.29) is 5.91 Å². The van der Waals surface area contributed by atoms with Gasteiger partial charge in [0.05, 0.1) is 17.8 Å². The molecule has 0 saturated carbocycles. The van der Waals surface area contributed by atoms with Crippen LogP contribution in [0.25, 0.3) is 0 Å². The third kappa shape index (κ3) is 5.78. The number of nitrogens with zero attached hydrogens (tertiary/aromatic N) is 1. The monoisotopic (exact) mass is 477 g/mol. The lowest BCUT2D eigenvalue weighted by Gasteiger charge is -2.16. The standard InChI is InChI=1S/C26H24ClN3O2S/c1-17-22(15-18-9-5-3-6-10-18)30-26(28-17)33-24(19-11-7-4-8-12-19)25(31)29-20-13-14-23(32-2)21(27)16-20/h3-14,16,24H,15H2,1-2H3,(H,28,30)(H,29,31)/t24-/m1/s1. The fourth-order valence-corrected chi connectivity index (χ4v) is 4.76. The van der Waals surface area contributed by atoms with Gasteiger partial charge in [0.1, 0.15) is 11.0 Å². The summed E-state index contributed by atoms with van der Waals surface area (Å²) in [6.07, 6.45) is 0.732. The molecule has 0 aliphatic rings. The van der Waals surface area contributed by atoms with Crippen LogP contribution in [0.5, 0.6) is 5.75 Å². The summed E-state index contributed by atoms with van der Waals surface area (Å²) in [5.41, 5.74) is 4.65. The minimum absolute atomic E-state index is 0.161. The Balaban J connectivity index is 1.56. The highest BCUT2D eigenvalue weighted by atomic mass is 35.5. The highest BCUT2D eigenvalue weighted by molar-refractivity contribution is 8.00. The Labute approximate surface area is 202 Å². The first-order chi connectivity index (χ1) is 16.0. The van der Waals surface area contributed by atoms with Crippen LogP contribution >= 0.6 is 23.4 Å². The van der Waals surface area contributed by atoms with E-state index in [1.54, 1.807) is 25.3 Å². The molecule has 3 aromatic carbocycles. The van der Waals surface area contributed by atoms with Crippen molar-refractivity contribution in [2.24, 2.45) is 0 Å². The molecule has 0 fully saturated rings. The summed E-state index contributed by atoms with van der Waals surface area (Å²) >= 11 is 7.62. The van der Waals surface area contributed by atoms with Crippen LogP contribution in [0.3, 0.4) is 0 Å². The molecule has 5 nitrogen and oxygen atoms in total. The SMILES string of the molecule is COc1ccc(NC(=O)[C@H](Sc2nc(Cc3ccccc3)c(C)[nH]2)c2ccccc2)cc1Cl. The number of aromatic amines is 1. The van der Waals surface area contributed by atoms with Crippen LogP contribution in [-0.4, -0.2) is 23.0 Å². The average molecular weight is 478 g/mol. The molecule has 7 heteroatoms.